The van der Waals surface area contributed by atoms with E-state index in [1.54, 1.807) is 18.2 Å². The van der Waals surface area contributed by atoms with Crippen LogP contribution in [-0.2, 0) is 26.2 Å². The first kappa shape index (κ1) is 14.6. The Balaban J connectivity index is 2.00. The molecule has 0 aliphatic carbocycles. The lowest BCUT2D eigenvalue weighted by atomic mass is 10.1. The molecule has 2 aliphatic heterocycles. The van der Waals surface area contributed by atoms with Gasteiger partial charge in [-0.3, -0.25) is 4.79 Å². The number of Topliss-reactive ketones (excluding diaryl/α,β-unsaturated/α-hetero) is 1. The zero-order valence-corrected chi connectivity index (χ0v) is 13.2. The summed E-state index contributed by atoms with van der Waals surface area (Å²) in [6.07, 6.45) is 1.77. The highest BCUT2D eigenvalue weighted by atomic mass is 32.2. The Morgan fingerprint density at radius 1 is 1.43 bits per heavy atom. The van der Waals surface area contributed by atoms with E-state index < -0.39 is 10.0 Å². The monoisotopic (exact) mass is 325 g/mol. The number of rotatable bonds is 4. The molecule has 0 radical (unpaired) electrons. The quantitative estimate of drug-likeness (QED) is 0.866. The number of benzene rings is 1. The minimum Gasteiger partial charge on any atom is -0.300 e. The smallest absolute Gasteiger partial charge is 0.245 e. The van der Waals surface area contributed by atoms with Crippen molar-refractivity contribution < 1.29 is 13.2 Å². The lowest BCUT2D eigenvalue weighted by molar-refractivity contribution is -0.117. The Morgan fingerprint density at radius 3 is 3.00 bits per heavy atom. The summed E-state index contributed by atoms with van der Waals surface area (Å²) >= 11 is 1.00. The number of carbonyl (C=O) groups is 1. The predicted octanol–water partition coefficient (Wildman–Crippen LogP) is 2.55. The first-order valence-electron chi connectivity index (χ1n) is 6.73. The Hall–Kier alpha value is -1.38. The van der Waals surface area contributed by atoms with Crippen LogP contribution in [-0.4, -0.2) is 31.1 Å². The largest absolute Gasteiger partial charge is 0.300 e. The van der Waals surface area contributed by atoms with E-state index in [1.807, 2.05) is 0 Å². The maximum atomic E-state index is 12.9. The summed E-state index contributed by atoms with van der Waals surface area (Å²) in [6.45, 7) is 1.95. The normalized spacial score (nSPS) is 21.3. The van der Waals surface area contributed by atoms with Crippen LogP contribution in [0, 0.1) is 0 Å². The van der Waals surface area contributed by atoms with E-state index in [1.165, 1.54) is 11.2 Å². The lowest BCUT2D eigenvalue weighted by Gasteiger charge is -2.23. The van der Waals surface area contributed by atoms with Crippen molar-refractivity contribution in [3.05, 3.63) is 18.2 Å². The van der Waals surface area contributed by atoms with Gasteiger partial charge in [-0.15, -0.1) is 0 Å². The molecule has 1 aromatic rings. The molecule has 0 aromatic heterocycles. The molecule has 0 N–H and O–H groups in total. The summed E-state index contributed by atoms with van der Waals surface area (Å²) in [6, 6.07) is 4.73. The summed E-state index contributed by atoms with van der Waals surface area (Å²) in [5, 5.41) is 0. The van der Waals surface area contributed by atoms with Gasteiger partial charge in [0.1, 0.15) is 22.1 Å². The minimum absolute atomic E-state index is 0.00985. The van der Waals surface area contributed by atoms with Gasteiger partial charge in [-0.2, -0.15) is 13.0 Å². The third-order valence-corrected chi connectivity index (χ3v) is 6.21. The molecule has 2 heterocycles. The van der Waals surface area contributed by atoms with E-state index in [2.05, 4.69) is 8.73 Å². The number of sulfonamides is 1. The molecule has 1 fully saturated rings. The Kier molecular flexibility index (Phi) is 3.76. The zero-order chi connectivity index (χ0) is 15.0. The van der Waals surface area contributed by atoms with Gasteiger partial charge in [0, 0.05) is 19.0 Å². The van der Waals surface area contributed by atoms with Crippen molar-refractivity contribution in [1.82, 2.24) is 4.31 Å². The Labute approximate surface area is 127 Å². The summed E-state index contributed by atoms with van der Waals surface area (Å²) in [5.41, 5.74) is 0.999. The standard InChI is InChI=1S/C13H15N3O3S2/c1-9(17)8-10-4-3-7-16(10)21(18,19)12-6-2-5-11-13(12)15-20-14-11/h2,5-6,10H,3-4,7-8H2,1H3. The lowest BCUT2D eigenvalue weighted by Crippen LogP contribution is -2.36. The molecule has 2 aliphatic rings. The number of hydrogen-bond donors (Lipinski definition) is 0. The fraction of sp³-hybridized carbons (Fsp3) is 0.462. The van der Waals surface area contributed by atoms with E-state index in [-0.39, 0.29) is 23.1 Å². The second-order valence-corrected chi connectivity index (χ2v) is 7.59. The SMILES string of the molecule is CC(=O)CC1CCCN1S(=O)(=O)c1cccc2c1N=S=N2. The molecule has 1 saturated heterocycles. The number of hydrogen-bond acceptors (Lipinski definition) is 5. The van der Waals surface area contributed by atoms with Gasteiger partial charge in [-0.05, 0) is 31.9 Å². The van der Waals surface area contributed by atoms with Crippen molar-refractivity contribution in [2.75, 3.05) is 6.54 Å². The van der Waals surface area contributed by atoms with Crippen LogP contribution in [0.25, 0.3) is 0 Å². The zero-order valence-electron chi connectivity index (χ0n) is 11.5. The summed E-state index contributed by atoms with van der Waals surface area (Å²) < 4.78 is 35.4. The first-order valence-corrected chi connectivity index (χ1v) is 8.90. The van der Waals surface area contributed by atoms with Crippen LogP contribution in [0.15, 0.2) is 31.8 Å². The van der Waals surface area contributed by atoms with Crippen LogP contribution in [0.1, 0.15) is 26.2 Å². The second kappa shape index (κ2) is 5.43. The van der Waals surface area contributed by atoms with Crippen LogP contribution in [0.4, 0.5) is 11.4 Å². The molecule has 0 spiro atoms. The summed E-state index contributed by atoms with van der Waals surface area (Å²) in [4.78, 5) is 11.5. The number of ketones is 1. The van der Waals surface area contributed by atoms with E-state index in [0.717, 1.165) is 24.2 Å². The highest BCUT2D eigenvalue weighted by molar-refractivity contribution is 7.89. The van der Waals surface area contributed by atoms with E-state index in [4.69, 9.17) is 0 Å². The van der Waals surface area contributed by atoms with Gasteiger partial charge in [0.15, 0.2) is 0 Å². The number of carbonyl (C=O) groups excluding carboxylic acids is 1. The third kappa shape index (κ3) is 2.58. The molecule has 21 heavy (non-hydrogen) atoms. The average molecular weight is 325 g/mol. The number of fused-ring (bicyclic) bond motifs is 1. The highest BCUT2D eigenvalue weighted by Gasteiger charge is 2.37. The van der Waals surface area contributed by atoms with Crippen molar-refractivity contribution in [1.29, 1.82) is 0 Å². The van der Waals surface area contributed by atoms with Gasteiger partial charge < -0.3 is 0 Å². The van der Waals surface area contributed by atoms with Crippen molar-refractivity contribution in [3.8, 4) is 0 Å². The molecule has 112 valence electrons. The molecule has 6 nitrogen and oxygen atoms in total. The molecule has 1 unspecified atom stereocenters. The molecular formula is C13H15N3O3S2. The third-order valence-electron chi connectivity index (χ3n) is 3.68. The molecule has 0 amide bonds. The topological polar surface area (TPSA) is 79.2 Å². The number of nitrogens with zero attached hydrogens (tertiary/aromatic N) is 3. The van der Waals surface area contributed by atoms with Crippen molar-refractivity contribution in [3.63, 3.8) is 0 Å². The minimum atomic E-state index is -3.64. The van der Waals surface area contributed by atoms with E-state index >= 15 is 0 Å². The van der Waals surface area contributed by atoms with Crippen LogP contribution < -0.4 is 0 Å². The summed E-state index contributed by atoms with van der Waals surface area (Å²) in [7, 11) is -3.64. The van der Waals surface area contributed by atoms with E-state index in [9.17, 15) is 13.2 Å². The fourth-order valence-electron chi connectivity index (χ4n) is 2.78. The van der Waals surface area contributed by atoms with Crippen LogP contribution >= 0.6 is 0 Å². The molecular weight excluding hydrogens is 310 g/mol. The maximum absolute atomic E-state index is 12.9. The van der Waals surface area contributed by atoms with Crippen molar-refractivity contribution >= 4 is 38.5 Å². The maximum Gasteiger partial charge on any atom is 0.245 e. The Morgan fingerprint density at radius 2 is 2.24 bits per heavy atom. The van der Waals surface area contributed by atoms with Gasteiger partial charge in [0.2, 0.25) is 10.0 Å². The molecule has 3 rings (SSSR count). The van der Waals surface area contributed by atoms with Crippen molar-refractivity contribution in [2.45, 2.75) is 37.1 Å². The van der Waals surface area contributed by atoms with Gasteiger partial charge >= 0.3 is 0 Å². The van der Waals surface area contributed by atoms with Gasteiger partial charge in [0.25, 0.3) is 0 Å². The Bertz CT molecular complexity index is 767. The fourth-order valence-corrected chi connectivity index (χ4v) is 5.22. The molecule has 8 heteroatoms. The summed E-state index contributed by atoms with van der Waals surface area (Å²) in [5.74, 6) is 0.00985. The van der Waals surface area contributed by atoms with Crippen LogP contribution in [0.3, 0.4) is 0 Å². The van der Waals surface area contributed by atoms with Gasteiger partial charge in [-0.25, -0.2) is 8.42 Å². The highest BCUT2D eigenvalue weighted by Crippen LogP contribution is 2.40. The molecule has 0 bridgehead atoms. The molecule has 0 saturated carbocycles. The average Bonchev–Trinajstić information content (AvgIpc) is 3.05. The second-order valence-electron chi connectivity index (χ2n) is 5.21. The van der Waals surface area contributed by atoms with Crippen molar-refractivity contribution in [2.24, 2.45) is 8.73 Å². The van der Waals surface area contributed by atoms with Gasteiger partial charge in [0.05, 0.1) is 11.4 Å². The molecule has 1 aromatic carbocycles. The van der Waals surface area contributed by atoms with Gasteiger partial charge in [-0.1, -0.05) is 6.07 Å². The molecule has 1 atom stereocenters. The first-order chi connectivity index (χ1) is 10.00. The van der Waals surface area contributed by atoms with E-state index in [0.29, 0.717) is 17.9 Å². The van der Waals surface area contributed by atoms with Crippen LogP contribution in [0.5, 0.6) is 0 Å². The van der Waals surface area contributed by atoms with Crippen LogP contribution in [0.2, 0.25) is 0 Å². The predicted molar refractivity (Wildman–Crippen MR) is 80.2 cm³/mol.